The van der Waals surface area contributed by atoms with Crippen LogP contribution >= 0.6 is 0 Å². The number of benzene rings is 1. The number of hydrogen-bond donors (Lipinski definition) is 3. The van der Waals surface area contributed by atoms with Crippen LogP contribution < -0.4 is 20.9 Å². The van der Waals surface area contributed by atoms with Crippen LogP contribution in [0.25, 0.3) is 6.08 Å². The molecule has 36 heavy (non-hydrogen) atoms. The summed E-state index contributed by atoms with van der Waals surface area (Å²) in [6.07, 6.45) is 3.16. The van der Waals surface area contributed by atoms with E-state index >= 15 is 0 Å². The molecule has 0 saturated carbocycles. The van der Waals surface area contributed by atoms with Gasteiger partial charge in [0.15, 0.2) is 5.78 Å². The molecule has 2 aliphatic heterocycles. The minimum atomic E-state index is -0.736. The highest BCUT2D eigenvalue weighted by Crippen LogP contribution is 2.15. The molecular formula is C26H32N6O4. The normalized spacial score (nSPS) is 16.6. The number of ether oxygens (including phenoxy) is 1. The van der Waals surface area contributed by atoms with Gasteiger partial charge >= 0.3 is 11.8 Å². The van der Waals surface area contributed by atoms with Crippen LogP contribution in [0, 0.1) is 0 Å². The Hall–Kier alpha value is -3.60. The Bertz CT molecular complexity index is 1080. The van der Waals surface area contributed by atoms with E-state index in [4.69, 9.17) is 4.74 Å². The first kappa shape index (κ1) is 25.5. The lowest BCUT2D eigenvalue weighted by molar-refractivity contribution is -0.136. The zero-order valence-electron chi connectivity index (χ0n) is 20.2. The highest BCUT2D eigenvalue weighted by molar-refractivity contribution is 6.39. The first-order valence-corrected chi connectivity index (χ1v) is 12.2. The summed E-state index contributed by atoms with van der Waals surface area (Å²) in [5, 5.41) is 8.48. The monoisotopic (exact) mass is 492 g/mol. The number of allylic oxidation sites excluding steroid dienone is 1. The zero-order valence-corrected chi connectivity index (χ0v) is 20.2. The van der Waals surface area contributed by atoms with Crippen molar-refractivity contribution in [1.82, 2.24) is 20.5 Å². The van der Waals surface area contributed by atoms with Gasteiger partial charge in [-0.05, 0) is 48.6 Å². The minimum Gasteiger partial charge on any atom is -0.378 e. The Kier molecular flexibility index (Phi) is 9.15. The first-order chi connectivity index (χ1) is 17.6. The molecule has 2 amide bonds. The number of morpholine rings is 1. The van der Waals surface area contributed by atoms with Crippen LogP contribution in [0.5, 0.6) is 0 Å². The number of amides is 2. The van der Waals surface area contributed by atoms with Gasteiger partial charge in [0.2, 0.25) is 0 Å². The largest absolute Gasteiger partial charge is 0.378 e. The van der Waals surface area contributed by atoms with E-state index in [0.29, 0.717) is 43.2 Å². The number of ketones is 1. The Morgan fingerprint density at radius 3 is 2.47 bits per heavy atom. The molecule has 10 nitrogen and oxygen atoms in total. The number of nitrogens with one attached hydrogen (secondary N) is 3. The van der Waals surface area contributed by atoms with Gasteiger partial charge < -0.3 is 25.6 Å². The molecule has 0 radical (unpaired) electrons. The highest BCUT2D eigenvalue weighted by Gasteiger charge is 2.15. The number of pyridine rings is 1. The Morgan fingerprint density at radius 1 is 0.972 bits per heavy atom. The molecule has 2 aromatic rings. The predicted molar refractivity (Wildman–Crippen MR) is 138 cm³/mol. The summed E-state index contributed by atoms with van der Waals surface area (Å²) in [5.41, 5.74) is 1.60. The summed E-state index contributed by atoms with van der Waals surface area (Å²) < 4.78 is 5.38. The third-order valence-electron chi connectivity index (χ3n) is 6.05. The number of carbonyl (C=O) groups is 3. The maximum Gasteiger partial charge on any atom is 0.313 e. The smallest absolute Gasteiger partial charge is 0.313 e. The standard InChI is InChI=1S/C26H32N6O4/c33-23(9-8-21-2-1-3-24(29-21)32-16-18-36-19-17-32)20-4-6-22(7-5-20)30-26(35)25(34)28-12-15-31-13-10-27-11-14-31/h1-9,27H,10-19H2,(H,28,34)(H,30,35)/b9-8+. The van der Waals surface area contributed by atoms with Crippen molar-refractivity contribution in [3.63, 3.8) is 0 Å². The van der Waals surface area contributed by atoms with Crippen LogP contribution in [0.2, 0.25) is 0 Å². The summed E-state index contributed by atoms with van der Waals surface area (Å²) in [7, 11) is 0. The second kappa shape index (κ2) is 12.9. The molecule has 1 aromatic heterocycles. The summed E-state index contributed by atoms with van der Waals surface area (Å²) >= 11 is 0. The lowest BCUT2D eigenvalue weighted by atomic mass is 10.1. The van der Waals surface area contributed by atoms with Gasteiger partial charge in [0, 0.05) is 63.6 Å². The van der Waals surface area contributed by atoms with E-state index < -0.39 is 11.8 Å². The number of carbonyl (C=O) groups excluding carboxylic acids is 3. The van der Waals surface area contributed by atoms with Crippen molar-refractivity contribution in [1.29, 1.82) is 0 Å². The van der Waals surface area contributed by atoms with Crippen molar-refractivity contribution in [3.05, 3.63) is 59.8 Å². The van der Waals surface area contributed by atoms with Crippen LogP contribution in [-0.2, 0) is 14.3 Å². The van der Waals surface area contributed by atoms with Crippen molar-refractivity contribution in [2.75, 3.05) is 75.8 Å². The van der Waals surface area contributed by atoms with Crippen molar-refractivity contribution in [2.45, 2.75) is 0 Å². The van der Waals surface area contributed by atoms with E-state index in [2.05, 4.69) is 30.7 Å². The number of piperazine rings is 1. The molecule has 4 rings (SSSR count). The Labute approximate surface area is 210 Å². The van der Waals surface area contributed by atoms with E-state index in [1.165, 1.54) is 6.08 Å². The van der Waals surface area contributed by atoms with Crippen molar-refractivity contribution in [2.24, 2.45) is 0 Å². The van der Waals surface area contributed by atoms with E-state index in [0.717, 1.165) is 45.1 Å². The fourth-order valence-electron chi connectivity index (χ4n) is 4.01. The second-order valence-corrected chi connectivity index (χ2v) is 8.60. The third-order valence-corrected chi connectivity index (χ3v) is 6.05. The first-order valence-electron chi connectivity index (χ1n) is 12.2. The summed E-state index contributed by atoms with van der Waals surface area (Å²) in [4.78, 5) is 45.8. The van der Waals surface area contributed by atoms with E-state index in [9.17, 15) is 14.4 Å². The number of anilines is 2. The molecule has 0 atom stereocenters. The van der Waals surface area contributed by atoms with Gasteiger partial charge in [0.1, 0.15) is 5.82 Å². The maximum atomic E-state index is 12.6. The lowest BCUT2D eigenvalue weighted by Crippen LogP contribution is -2.47. The Balaban J connectivity index is 1.25. The molecule has 0 spiro atoms. The average molecular weight is 493 g/mol. The molecule has 2 aliphatic rings. The molecule has 3 heterocycles. The Morgan fingerprint density at radius 2 is 1.72 bits per heavy atom. The topological polar surface area (TPSA) is 116 Å². The quantitative estimate of drug-likeness (QED) is 0.281. The van der Waals surface area contributed by atoms with Gasteiger partial charge in [-0.1, -0.05) is 6.07 Å². The molecule has 1 aromatic carbocycles. The van der Waals surface area contributed by atoms with Gasteiger partial charge in [-0.3, -0.25) is 19.3 Å². The highest BCUT2D eigenvalue weighted by atomic mass is 16.5. The molecule has 10 heteroatoms. The number of rotatable bonds is 8. The van der Waals surface area contributed by atoms with Crippen LogP contribution in [0.1, 0.15) is 16.1 Å². The van der Waals surface area contributed by atoms with E-state index in [-0.39, 0.29) is 5.78 Å². The second-order valence-electron chi connectivity index (χ2n) is 8.60. The molecule has 2 saturated heterocycles. The van der Waals surface area contributed by atoms with Gasteiger partial charge in [0.25, 0.3) is 0 Å². The van der Waals surface area contributed by atoms with Gasteiger partial charge in [-0.25, -0.2) is 4.98 Å². The molecule has 0 unspecified atom stereocenters. The van der Waals surface area contributed by atoms with Gasteiger partial charge in [0.05, 0.1) is 18.9 Å². The molecule has 190 valence electrons. The molecule has 3 N–H and O–H groups in total. The molecule has 0 bridgehead atoms. The fourth-order valence-corrected chi connectivity index (χ4v) is 4.01. The van der Waals surface area contributed by atoms with Crippen LogP contribution in [0.4, 0.5) is 11.5 Å². The van der Waals surface area contributed by atoms with Crippen molar-refractivity contribution in [3.8, 4) is 0 Å². The summed E-state index contributed by atoms with van der Waals surface area (Å²) in [5.74, 6) is -0.738. The molecule has 0 aliphatic carbocycles. The SMILES string of the molecule is O=C(NCCN1CCNCC1)C(=O)Nc1ccc(C(=O)/C=C/c2cccc(N3CCOCC3)n2)cc1. The molecular weight excluding hydrogens is 460 g/mol. The maximum absolute atomic E-state index is 12.6. The van der Waals surface area contributed by atoms with Crippen LogP contribution in [-0.4, -0.2) is 93.1 Å². The van der Waals surface area contributed by atoms with Crippen molar-refractivity contribution >= 4 is 35.2 Å². The predicted octanol–water partition coefficient (Wildman–Crippen LogP) is 0.774. The number of nitrogens with zero attached hydrogens (tertiary/aromatic N) is 3. The zero-order chi connectivity index (χ0) is 25.2. The van der Waals surface area contributed by atoms with E-state index in [1.54, 1.807) is 30.3 Å². The van der Waals surface area contributed by atoms with Crippen molar-refractivity contribution < 1.29 is 19.1 Å². The third kappa shape index (κ3) is 7.45. The average Bonchev–Trinajstić information content (AvgIpc) is 2.93. The van der Waals surface area contributed by atoms with Gasteiger partial charge in [-0.2, -0.15) is 0 Å². The van der Waals surface area contributed by atoms with Crippen LogP contribution in [0.3, 0.4) is 0 Å². The summed E-state index contributed by atoms with van der Waals surface area (Å²) in [6.45, 7) is 7.79. The summed E-state index contributed by atoms with van der Waals surface area (Å²) in [6, 6.07) is 12.1. The van der Waals surface area contributed by atoms with E-state index in [1.807, 2.05) is 18.2 Å². The van der Waals surface area contributed by atoms with Crippen LogP contribution in [0.15, 0.2) is 48.5 Å². The fraction of sp³-hybridized carbons (Fsp3) is 0.385. The van der Waals surface area contributed by atoms with Gasteiger partial charge in [-0.15, -0.1) is 0 Å². The minimum absolute atomic E-state index is 0.183. The molecule has 2 fully saturated rings. The number of hydrogen-bond acceptors (Lipinski definition) is 8. The number of aromatic nitrogens is 1. The lowest BCUT2D eigenvalue weighted by Gasteiger charge is -2.27.